The number of rotatable bonds is 7. The highest BCUT2D eigenvalue weighted by Crippen LogP contribution is 2.21. The number of hydrogen-bond donors (Lipinski definition) is 1. The molecular weight excluding hydrogens is 390 g/mol. The standard InChI is InChI=1S/C21H23N3O6/c1-13-8-9-14(2)17(10-13)22-19(25)11-23(4)20(26)12-30-21(27)16-6-5-7-18(15(16)3)24(28)29/h5-10H,11-12H2,1-4H3,(H,22,25). The number of nitro benzene ring substituents is 1. The number of nitrogens with one attached hydrogen (secondary N) is 1. The molecule has 2 aromatic rings. The van der Waals surface area contributed by atoms with E-state index in [1.165, 1.54) is 32.2 Å². The molecule has 0 saturated carbocycles. The summed E-state index contributed by atoms with van der Waals surface area (Å²) in [6.45, 7) is 4.38. The van der Waals surface area contributed by atoms with E-state index in [0.717, 1.165) is 16.0 Å². The van der Waals surface area contributed by atoms with Crippen LogP contribution in [0, 0.1) is 30.9 Å². The van der Waals surface area contributed by atoms with E-state index >= 15 is 0 Å². The molecule has 0 aliphatic heterocycles. The molecule has 2 aromatic carbocycles. The first-order chi connectivity index (χ1) is 14.1. The molecule has 0 bridgehead atoms. The average Bonchev–Trinajstić information content (AvgIpc) is 2.68. The number of nitrogens with zero attached hydrogens (tertiary/aromatic N) is 2. The molecule has 0 aliphatic carbocycles. The van der Waals surface area contributed by atoms with E-state index in [4.69, 9.17) is 4.74 Å². The molecule has 0 heterocycles. The smallest absolute Gasteiger partial charge is 0.339 e. The van der Waals surface area contributed by atoms with Crippen molar-refractivity contribution in [3.8, 4) is 0 Å². The Labute approximate surface area is 173 Å². The molecule has 0 fully saturated rings. The van der Waals surface area contributed by atoms with Gasteiger partial charge in [0.1, 0.15) is 0 Å². The maximum Gasteiger partial charge on any atom is 0.339 e. The summed E-state index contributed by atoms with van der Waals surface area (Å²) in [7, 11) is 1.41. The van der Waals surface area contributed by atoms with Crippen molar-refractivity contribution in [1.29, 1.82) is 0 Å². The molecule has 1 N–H and O–H groups in total. The van der Waals surface area contributed by atoms with Crippen molar-refractivity contribution in [1.82, 2.24) is 4.90 Å². The Morgan fingerprint density at radius 1 is 1.13 bits per heavy atom. The largest absolute Gasteiger partial charge is 0.452 e. The molecule has 30 heavy (non-hydrogen) atoms. The summed E-state index contributed by atoms with van der Waals surface area (Å²) < 4.78 is 4.98. The fourth-order valence-electron chi connectivity index (χ4n) is 2.72. The van der Waals surface area contributed by atoms with Gasteiger partial charge in [0, 0.05) is 24.4 Å². The fourth-order valence-corrected chi connectivity index (χ4v) is 2.72. The molecule has 9 nitrogen and oxygen atoms in total. The molecule has 158 valence electrons. The number of nitro groups is 1. The number of carbonyl (C=O) groups is 3. The fraction of sp³-hybridized carbons (Fsp3) is 0.286. The van der Waals surface area contributed by atoms with Gasteiger partial charge in [-0.2, -0.15) is 0 Å². The minimum atomic E-state index is -0.849. The molecule has 0 saturated heterocycles. The van der Waals surface area contributed by atoms with Gasteiger partial charge in [-0.1, -0.05) is 18.2 Å². The first kappa shape index (κ1) is 22.5. The zero-order valence-electron chi connectivity index (χ0n) is 17.2. The van der Waals surface area contributed by atoms with Gasteiger partial charge in [0.2, 0.25) is 5.91 Å². The number of aryl methyl sites for hydroxylation is 2. The maximum atomic E-state index is 12.2. The lowest BCUT2D eigenvalue weighted by Gasteiger charge is -2.17. The third kappa shape index (κ3) is 5.63. The second-order valence-corrected chi connectivity index (χ2v) is 6.90. The van der Waals surface area contributed by atoms with E-state index in [9.17, 15) is 24.5 Å². The minimum absolute atomic E-state index is 0.00678. The second kappa shape index (κ2) is 9.64. The Balaban J connectivity index is 1.92. The lowest BCUT2D eigenvalue weighted by molar-refractivity contribution is -0.385. The summed E-state index contributed by atoms with van der Waals surface area (Å²) in [5.41, 5.74) is 2.49. The Bertz CT molecular complexity index is 1000. The van der Waals surface area contributed by atoms with Crippen molar-refractivity contribution in [2.24, 2.45) is 0 Å². The van der Waals surface area contributed by atoms with Crippen molar-refractivity contribution in [2.45, 2.75) is 20.8 Å². The number of esters is 1. The molecule has 0 atom stereocenters. The summed E-state index contributed by atoms with van der Waals surface area (Å²) in [6.07, 6.45) is 0. The molecule has 0 unspecified atom stereocenters. The maximum absolute atomic E-state index is 12.2. The van der Waals surface area contributed by atoms with Crippen LogP contribution in [-0.4, -0.2) is 47.8 Å². The highest BCUT2D eigenvalue weighted by molar-refractivity contribution is 5.96. The van der Waals surface area contributed by atoms with E-state index in [2.05, 4.69) is 5.32 Å². The van der Waals surface area contributed by atoms with Gasteiger partial charge in [0.15, 0.2) is 6.61 Å². The number of anilines is 1. The van der Waals surface area contributed by atoms with Crippen LogP contribution < -0.4 is 5.32 Å². The lowest BCUT2D eigenvalue weighted by Crippen LogP contribution is -2.37. The van der Waals surface area contributed by atoms with Crippen molar-refractivity contribution < 1.29 is 24.0 Å². The molecule has 9 heteroatoms. The van der Waals surface area contributed by atoms with Gasteiger partial charge < -0.3 is 15.0 Å². The number of amides is 2. The van der Waals surface area contributed by atoms with Gasteiger partial charge in [-0.3, -0.25) is 19.7 Å². The number of carbonyl (C=O) groups excluding carboxylic acids is 3. The van der Waals surface area contributed by atoms with Crippen LogP contribution in [-0.2, 0) is 14.3 Å². The average molecular weight is 413 g/mol. The number of ether oxygens (including phenoxy) is 1. The van der Waals surface area contributed by atoms with Gasteiger partial charge in [-0.05, 0) is 44.0 Å². The quantitative estimate of drug-likeness (QED) is 0.423. The summed E-state index contributed by atoms with van der Waals surface area (Å²) in [4.78, 5) is 48.1. The molecule has 2 amide bonds. The van der Waals surface area contributed by atoms with Crippen LogP contribution in [0.15, 0.2) is 36.4 Å². The summed E-state index contributed by atoms with van der Waals surface area (Å²) in [5.74, 6) is -1.82. The summed E-state index contributed by atoms with van der Waals surface area (Å²) in [6, 6.07) is 9.68. The lowest BCUT2D eigenvalue weighted by atomic mass is 10.1. The summed E-state index contributed by atoms with van der Waals surface area (Å²) in [5, 5.41) is 13.7. The van der Waals surface area contributed by atoms with Gasteiger partial charge in [-0.25, -0.2) is 4.79 Å². The topological polar surface area (TPSA) is 119 Å². The van der Waals surface area contributed by atoms with Crippen LogP contribution in [0.3, 0.4) is 0 Å². The van der Waals surface area contributed by atoms with Crippen molar-refractivity contribution in [3.63, 3.8) is 0 Å². The molecule has 0 aliphatic rings. The third-order valence-electron chi connectivity index (χ3n) is 4.52. The number of likely N-dealkylation sites (N-methyl/N-ethyl adjacent to an activating group) is 1. The predicted molar refractivity (Wildman–Crippen MR) is 110 cm³/mol. The van der Waals surface area contributed by atoms with Crippen LogP contribution >= 0.6 is 0 Å². The van der Waals surface area contributed by atoms with Crippen molar-refractivity contribution >= 4 is 29.2 Å². The van der Waals surface area contributed by atoms with E-state index in [-0.39, 0.29) is 29.3 Å². The Morgan fingerprint density at radius 2 is 1.83 bits per heavy atom. The molecule has 0 aromatic heterocycles. The Kier molecular flexibility index (Phi) is 7.24. The number of benzene rings is 2. The third-order valence-corrected chi connectivity index (χ3v) is 4.52. The zero-order valence-corrected chi connectivity index (χ0v) is 17.2. The Morgan fingerprint density at radius 3 is 2.50 bits per heavy atom. The normalized spacial score (nSPS) is 10.3. The highest BCUT2D eigenvalue weighted by Gasteiger charge is 2.21. The monoisotopic (exact) mass is 413 g/mol. The van der Waals surface area contributed by atoms with E-state index < -0.39 is 23.4 Å². The van der Waals surface area contributed by atoms with Gasteiger partial charge in [0.05, 0.1) is 17.0 Å². The number of hydrogen-bond acceptors (Lipinski definition) is 6. The van der Waals surface area contributed by atoms with Gasteiger partial charge >= 0.3 is 5.97 Å². The van der Waals surface area contributed by atoms with Gasteiger partial charge in [0.25, 0.3) is 11.6 Å². The Hall–Kier alpha value is -3.75. The molecule has 0 spiro atoms. The molecular formula is C21H23N3O6. The van der Waals surface area contributed by atoms with Gasteiger partial charge in [-0.15, -0.1) is 0 Å². The first-order valence-corrected chi connectivity index (χ1v) is 9.12. The van der Waals surface area contributed by atoms with Crippen LogP contribution in [0.1, 0.15) is 27.0 Å². The van der Waals surface area contributed by atoms with Crippen LogP contribution in [0.25, 0.3) is 0 Å². The van der Waals surface area contributed by atoms with Crippen LogP contribution in [0.4, 0.5) is 11.4 Å². The molecule has 0 radical (unpaired) electrons. The van der Waals surface area contributed by atoms with E-state index in [1.807, 2.05) is 32.0 Å². The first-order valence-electron chi connectivity index (χ1n) is 9.12. The van der Waals surface area contributed by atoms with Crippen molar-refractivity contribution in [3.05, 3.63) is 68.8 Å². The molecule has 2 rings (SSSR count). The SMILES string of the molecule is Cc1ccc(C)c(NC(=O)CN(C)C(=O)COC(=O)c2cccc([N+](=O)[O-])c2C)c1. The zero-order chi connectivity index (χ0) is 22.4. The second-order valence-electron chi connectivity index (χ2n) is 6.90. The van der Waals surface area contributed by atoms with E-state index in [0.29, 0.717) is 5.69 Å². The minimum Gasteiger partial charge on any atom is -0.452 e. The summed E-state index contributed by atoms with van der Waals surface area (Å²) >= 11 is 0. The van der Waals surface area contributed by atoms with E-state index in [1.54, 1.807) is 0 Å². The van der Waals surface area contributed by atoms with Crippen LogP contribution in [0.5, 0.6) is 0 Å². The van der Waals surface area contributed by atoms with Crippen molar-refractivity contribution in [2.75, 3.05) is 25.5 Å². The predicted octanol–water partition coefficient (Wildman–Crippen LogP) is 2.77. The highest BCUT2D eigenvalue weighted by atomic mass is 16.6. The van der Waals surface area contributed by atoms with Crippen LogP contribution in [0.2, 0.25) is 0 Å².